The van der Waals surface area contributed by atoms with Crippen molar-refractivity contribution in [3.63, 3.8) is 0 Å². The molecule has 0 radical (unpaired) electrons. The molecule has 0 aliphatic carbocycles. The van der Waals surface area contributed by atoms with Crippen molar-refractivity contribution in [1.82, 2.24) is 4.98 Å². The first-order chi connectivity index (χ1) is 15.9. The molecule has 2 aromatic carbocycles. The number of alkyl halides is 1. The molecule has 2 N–H and O–H groups in total. The topological polar surface area (TPSA) is 83.6 Å². The number of hydrogen-bond donors (Lipinski definition) is 2. The monoisotopic (exact) mass is 488 g/mol. The van der Waals surface area contributed by atoms with Crippen LogP contribution in [-0.2, 0) is 4.74 Å². The fourth-order valence-electron chi connectivity index (χ4n) is 3.33. The van der Waals surface area contributed by atoms with Gasteiger partial charge in [0.15, 0.2) is 0 Å². The van der Waals surface area contributed by atoms with E-state index in [0.29, 0.717) is 47.4 Å². The lowest BCUT2D eigenvalue weighted by Crippen LogP contribution is -2.42. The van der Waals surface area contributed by atoms with E-state index < -0.39 is 23.1 Å². The van der Waals surface area contributed by atoms with Gasteiger partial charge in [-0.25, -0.2) is 4.39 Å². The average Bonchev–Trinajstić information content (AvgIpc) is 2.81. The van der Waals surface area contributed by atoms with Gasteiger partial charge in [0.25, 0.3) is 11.8 Å². The number of carbonyl (C=O) groups excluding carboxylic acids is 2. The first-order valence-electron chi connectivity index (χ1n) is 10.0. The Hall–Kier alpha value is -3.20. The van der Waals surface area contributed by atoms with Crippen LogP contribution in [0.15, 0.2) is 60.9 Å². The number of anilines is 3. The van der Waals surface area contributed by atoms with Gasteiger partial charge in [-0.2, -0.15) is 0 Å². The zero-order chi connectivity index (χ0) is 23.4. The highest BCUT2D eigenvalue weighted by Crippen LogP contribution is 2.28. The van der Waals surface area contributed by atoms with Gasteiger partial charge < -0.3 is 20.3 Å². The Morgan fingerprint density at radius 3 is 2.67 bits per heavy atom. The third-order valence-electron chi connectivity index (χ3n) is 4.94. The minimum absolute atomic E-state index is 0.122. The molecule has 1 atom stereocenters. The highest BCUT2D eigenvalue weighted by atomic mass is 35.5. The molecule has 3 aromatic rings. The summed E-state index contributed by atoms with van der Waals surface area (Å²) in [6.45, 7) is 1.24. The second kappa shape index (κ2) is 10.2. The van der Waals surface area contributed by atoms with Gasteiger partial charge in [-0.15, -0.1) is 0 Å². The van der Waals surface area contributed by atoms with Crippen LogP contribution in [0.25, 0.3) is 0 Å². The highest BCUT2D eigenvalue weighted by Gasteiger charge is 2.23. The Balaban J connectivity index is 1.52. The second-order valence-corrected chi connectivity index (χ2v) is 8.16. The predicted octanol–water partition coefficient (Wildman–Crippen LogP) is 4.78. The van der Waals surface area contributed by atoms with E-state index in [9.17, 15) is 14.0 Å². The van der Waals surface area contributed by atoms with E-state index in [2.05, 4.69) is 15.6 Å². The van der Waals surface area contributed by atoms with Crippen LogP contribution in [0.1, 0.15) is 20.7 Å². The summed E-state index contributed by atoms with van der Waals surface area (Å²) in [6, 6.07) is 11.9. The number of benzene rings is 2. The van der Waals surface area contributed by atoms with E-state index >= 15 is 0 Å². The molecule has 0 bridgehead atoms. The first-order valence-corrected chi connectivity index (χ1v) is 10.8. The fraction of sp³-hybridized carbons (Fsp3) is 0.174. The van der Waals surface area contributed by atoms with Crippen LogP contribution in [0.2, 0.25) is 5.02 Å². The molecule has 0 saturated carbocycles. The van der Waals surface area contributed by atoms with Crippen molar-refractivity contribution in [2.75, 3.05) is 35.3 Å². The molecule has 170 valence electrons. The molecule has 10 heteroatoms. The molecule has 7 nitrogen and oxygen atoms in total. The number of amides is 2. The van der Waals surface area contributed by atoms with Crippen LogP contribution < -0.4 is 15.5 Å². The number of carbonyl (C=O) groups is 2. The Bertz CT molecular complexity index is 1180. The molecular formula is C23H19Cl2FN4O3. The quantitative estimate of drug-likeness (QED) is 0.398. The molecule has 2 heterocycles. The number of halogens is 3. The Kier molecular flexibility index (Phi) is 7.08. The maximum Gasteiger partial charge on any atom is 0.257 e. The third kappa shape index (κ3) is 5.60. The number of nitrogens with zero attached hydrogens (tertiary/aromatic N) is 2. The van der Waals surface area contributed by atoms with Crippen LogP contribution >= 0.6 is 23.2 Å². The van der Waals surface area contributed by atoms with Crippen molar-refractivity contribution in [2.45, 2.75) is 5.50 Å². The molecule has 2 amide bonds. The van der Waals surface area contributed by atoms with Crippen LogP contribution in [0.4, 0.5) is 21.5 Å². The van der Waals surface area contributed by atoms with Crippen molar-refractivity contribution >= 4 is 52.1 Å². The van der Waals surface area contributed by atoms with Gasteiger partial charge in [0.2, 0.25) is 0 Å². The van der Waals surface area contributed by atoms with Crippen molar-refractivity contribution in [3.8, 4) is 0 Å². The largest absolute Gasteiger partial charge is 0.376 e. The van der Waals surface area contributed by atoms with E-state index in [1.54, 1.807) is 41.4 Å². The summed E-state index contributed by atoms with van der Waals surface area (Å²) >= 11 is 12.5. The maximum absolute atomic E-state index is 14.3. The van der Waals surface area contributed by atoms with E-state index in [1.807, 2.05) is 0 Å². The molecule has 0 spiro atoms. The van der Waals surface area contributed by atoms with Gasteiger partial charge in [-0.05, 0) is 48.5 Å². The number of ether oxygens (including phenoxy) is 1. The summed E-state index contributed by atoms with van der Waals surface area (Å²) in [5, 5.41) is 5.68. The number of rotatable bonds is 5. The van der Waals surface area contributed by atoms with Crippen molar-refractivity contribution in [2.24, 2.45) is 0 Å². The van der Waals surface area contributed by atoms with Crippen LogP contribution in [-0.4, -0.2) is 42.1 Å². The first kappa shape index (κ1) is 23.0. The van der Waals surface area contributed by atoms with E-state index in [-0.39, 0.29) is 5.56 Å². The number of pyridine rings is 1. The SMILES string of the molecule is O=C(Nc1ccc(Cl)c(NC(=O)c2cccnc2)c1)c1cc(F)cc(N2CCOCC2Cl)c1. The summed E-state index contributed by atoms with van der Waals surface area (Å²) in [4.78, 5) is 30.9. The molecule has 4 rings (SSSR count). The van der Waals surface area contributed by atoms with Gasteiger partial charge in [0.05, 0.1) is 29.5 Å². The average molecular weight is 489 g/mol. The van der Waals surface area contributed by atoms with Gasteiger partial charge in [-0.1, -0.05) is 23.2 Å². The summed E-state index contributed by atoms with van der Waals surface area (Å²) in [7, 11) is 0. The van der Waals surface area contributed by atoms with Crippen LogP contribution in [0, 0.1) is 5.82 Å². The third-order valence-corrected chi connectivity index (χ3v) is 5.63. The van der Waals surface area contributed by atoms with Crippen molar-refractivity contribution in [3.05, 3.63) is 82.9 Å². The summed E-state index contributed by atoms with van der Waals surface area (Å²) < 4.78 is 19.6. The van der Waals surface area contributed by atoms with Gasteiger partial charge in [0, 0.05) is 35.9 Å². The smallest absolute Gasteiger partial charge is 0.257 e. The van der Waals surface area contributed by atoms with Crippen LogP contribution in [0.3, 0.4) is 0 Å². The zero-order valence-corrected chi connectivity index (χ0v) is 18.7. The van der Waals surface area contributed by atoms with E-state index in [1.165, 1.54) is 18.3 Å². The number of hydrogen-bond acceptors (Lipinski definition) is 5. The lowest BCUT2D eigenvalue weighted by molar-refractivity contribution is 0.101. The number of nitrogens with one attached hydrogen (secondary N) is 2. The lowest BCUT2D eigenvalue weighted by Gasteiger charge is -2.33. The molecular weight excluding hydrogens is 470 g/mol. The molecule has 1 aliphatic rings. The Morgan fingerprint density at radius 2 is 1.91 bits per heavy atom. The molecule has 33 heavy (non-hydrogen) atoms. The van der Waals surface area contributed by atoms with Gasteiger partial charge >= 0.3 is 0 Å². The molecule has 1 fully saturated rings. The molecule has 1 unspecified atom stereocenters. The second-order valence-electron chi connectivity index (χ2n) is 7.25. The zero-order valence-electron chi connectivity index (χ0n) is 17.2. The maximum atomic E-state index is 14.3. The lowest BCUT2D eigenvalue weighted by atomic mass is 10.1. The van der Waals surface area contributed by atoms with Crippen molar-refractivity contribution < 1.29 is 18.7 Å². The van der Waals surface area contributed by atoms with Crippen LogP contribution in [0.5, 0.6) is 0 Å². The normalized spacial score (nSPS) is 15.7. The number of aromatic nitrogens is 1. The van der Waals surface area contributed by atoms with E-state index in [4.69, 9.17) is 27.9 Å². The summed E-state index contributed by atoms with van der Waals surface area (Å²) in [5.74, 6) is -1.49. The van der Waals surface area contributed by atoms with Gasteiger partial charge in [0.1, 0.15) is 11.3 Å². The standard InChI is InChI=1S/C23H19Cl2FN4O3/c24-19-4-3-17(11-20(19)29-22(31)14-2-1-5-27-12-14)28-23(32)15-8-16(26)10-18(9-15)30-6-7-33-13-21(30)25/h1-5,8-12,21H,6-7,13H2,(H,28,32)(H,29,31). The fourth-order valence-corrected chi connectivity index (χ4v) is 3.79. The van der Waals surface area contributed by atoms with Gasteiger partial charge in [-0.3, -0.25) is 14.6 Å². The molecule has 1 saturated heterocycles. The minimum atomic E-state index is -0.562. The summed E-state index contributed by atoms with van der Waals surface area (Å²) in [5.41, 5.74) is 1.19. The predicted molar refractivity (Wildman–Crippen MR) is 126 cm³/mol. The minimum Gasteiger partial charge on any atom is -0.376 e. The number of morpholine rings is 1. The Morgan fingerprint density at radius 1 is 1.09 bits per heavy atom. The summed E-state index contributed by atoms with van der Waals surface area (Å²) in [6.07, 6.45) is 2.99. The molecule has 1 aliphatic heterocycles. The molecule has 1 aromatic heterocycles. The van der Waals surface area contributed by atoms with Crippen molar-refractivity contribution in [1.29, 1.82) is 0 Å². The van der Waals surface area contributed by atoms with E-state index in [0.717, 1.165) is 6.07 Å². The highest BCUT2D eigenvalue weighted by molar-refractivity contribution is 6.34. The Labute approximate surface area is 199 Å².